The van der Waals surface area contributed by atoms with E-state index < -0.39 is 0 Å². The molecule has 1 aromatic rings. The maximum Gasteiger partial charge on any atom is 0.120 e. The average Bonchev–Trinajstić information content (AvgIpc) is 2.30. The summed E-state index contributed by atoms with van der Waals surface area (Å²) in [5.41, 5.74) is 3.00. The zero-order chi connectivity index (χ0) is 12.6. The molecule has 2 heteroatoms. The van der Waals surface area contributed by atoms with E-state index in [1.54, 1.807) is 7.11 Å². The SMILES string of the molecule is CCN1c2cc(OC)ccc2CC(C)C1(C)C. The molecule has 0 saturated heterocycles. The van der Waals surface area contributed by atoms with Crippen molar-refractivity contribution in [1.29, 1.82) is 0 Å². The van der Waals surface area contributed by atoms with Gasteiger partial charge in [0.25, 0.3) is 0 Å². The molecule has 1 heterocycles. The van der Waals surface area contributed by atoms with Crippen LogP contribution in [-0.4, -0.2) is 19.2 Å². The number of ether oxygens (including phenoxy) is 1. The van der Waals surface area contributed by atoms with Gasteiger partial charge in [-0.15, -0.1) is 0 Å². The van der Waals surface area contributed by atoms with Crippen LogP contribution in [0.15, 0.2) is 18.2 Å². The molecule has 17 heavy (non-hydrogen) atoms. The molecule has 0 aromatic heterocycles. The Hall–Kier alpha value is -1.18. The van der Waals surface area contributed by atoms with Gasteiger partial charge >= 0.3 is 0 Å². The Morgan fingerprint density at radius 2 is 2.12 bits per heavy atom. The summed E-state index contributed by atoms with van der Waals surface area (Å²) in [6, 6.07) is 6.45. The third-order valence-electron chi connectivity index (χ3n) is 4.33. The summed E-state index contributed by atoms with van der Waals surface area (Å²) in [4.78, 5) is 2.50. The monoisotopic (exact) mass is 233 g/mol. The van der Waals surface area contributed by atoms with Crippen molar-refractivity contribution < 1.29 is 4.74 Å². The minimum atomic E-state index is 0.216. The smallest absolute Gasteiger partial charge is 0.120 e. The van der Waals surface area contributed by atoms with E-state index in [1.807, 2.05) is 0 Å². The molecular formula is C15H23NO. The van der Waals surface area contributed by atoms with E-state index in [9.17, 15) is 0 Å². The molecular weight excluding hydrogens is 210 g/mol. The molecule has 0 aliphatic carbocycles. The molecule has 0 amide bonds. The van der Waals surface area contributed by atoms with Gasteiger partial charge in [-0.1, -0.05) is 13.0 Å². The summed E-state index contributed by atoms with van der Waals surface area (Å²) in [6.07, 6.45) is 1.16. The summed E-state index contributed by atoms with van der Waals surface area (Å²) in [7, 11) is 1.73. The Bertz CT molecular complexity index is 411. The Morgan fingerprint density at radius 3 is 2.71 bits per heavy atom. The van der Waals surface area contributed by atoms with E-state index in [1.165, 1.54) is 11.3 Å². The maximum atomic E-state index is 5.34. The first-order valence-electron chi connectivity index (χ1n) is 6.45. The van der Waals surface area contributed by atoms with Crippen molar-refractivity contribution in [3.63, 3.8) is 0 Å². The second-order valence-electron chi connectivity index (χ2n) is 5.50. The zero-order valence-corrected chi connectivity index (χ0v) is 11.6. The van der Waals surface area contributed by atoms with E-state index in [0.29, 0.717) is 5.92 Å². The lowest BCUT2D eigenvalue weighted by molar-refractivity contribution is 0.303. The van der Waals surface area contributed by atoms with Gasteiger partial charge in [0.05, 0.1) is 7.11 Å². The summed E-state index contributed by atoms with van der Waals surface area (Å²) < 4.78 is 5.34. The van der Waals surface area contributed by atoms with Gasteiger partial charge in [0.15, 0.2) is 0 Å². The van der Waals surface area contributed by atoms with Crippen LogP contribution in [0, 0.1) is 5.92 Å². The second kappa shape index (κ2) is 4.25. The molecule has 2 nitrogen and oxygen atoms in total. The topological polar surface area (TPSA) is 12.5 Å². The van der Waals surface area contributed by atoms with E-state index in [-0.39, 0.29) is 5.54 Å². The first kappa shape index (κ1) is 12.3. The molecule has 0 spiro atoms. The van der Waals surface area contributed by atoms with Crippen molar-refractivity contribution in [2.45, 2.75) is 39.7 Å². The molecule has 1 aromatic carbocycles. The van der Waals surface area contributed by atoms with Gasteiger partial charge in [-0.2, -0.15) is 0 Å². The van der Waals surface area contributed by atoms with Crippen LogP contribution in [0.3, 0.4) is 0 Å². The number of benzene rings is 1. The Morgan fingerprint density at radius 1 is 1.41 bits per heavy atom. The van der Waals surface area contributed by atoms with Crippen molar-refractivity contribution in [1.82, 2.24) is 0 Å². The minimum absolute atomic E-state index is 0.216. The highest BCUT2D eigenvalue weighted by Crippen LogP contribution is 2.41. The van der Waals surface area contributed by atoms with Gasteiger partial charge in [-0.25, -0.2) is 0 Å². The molecule has 2 rings (SSSR count). The molecule has 1 unspecified atom stereocenters. The highest BCUT2D eigenvalue weighted by molar-refractivity contribution is 5.61. The molecule has 0 N–H and O–H groups in total. The molecule has 0 fully saturated rings. The summed E-state index contributed by atoms with van der Waals surface area (Å²) in [5.74, 6) is 1.62. The number of rotatable bonds is 2. The van der Waals surface area contributed by atoms with Crippen molar-refractivity contribution >= 4 is 5.69 Å². The number of nitrogens with zero attached hydrogens (tertiary/aromatic N) is 1. The minimum Gasteiger partial charge on any atom is -0.497 e. The Labute approximate surface area is 105 Å². The van der Waals surface area contributed by atoms with Crippen molar-refractivity contribution in [2.75, 3.05) is 18.6 Å². The normalized spacial score (nSPS) is 22.2. The lowest BCUT2D eigenvalue weighted by atomic mass is 9.78. The number of fused-ring (bicyclic) bond motifs is 1. The van der Waals surface area contributed by atoms with Crippen LogP contribution in [0.5, 0.6) is 5.75 Å². The van der Waals surface area contributed by atoms with Crippen LogP contribution in [-0.2, 0) is 6.42 Å². The number of anilines is 1. The quantitative estimate of drug-likeness (QED) is 0.775. The van der Waals surface area contributed by atoms with Crippen LogP contribution in [0.25, 0.3) is 0 Å². The van der Waals surface area contributed by atoms with E-state index in [0.717, 1.165) is 18.7 Å². The standard InChI is InChI=1S/C15H23NO/c1-6-16-14-10-13(17-5)8-7-12(14)9-11(2)15(16,3)4/h7-8,10-11H,6,9H2,1-5H3. The first-order chi connectivity index (χ1) is 8.00. The lowest BCUT2D eigenvalue weighted by Gasteiger charge is -2.49. The van der Waals surface area contributed by atoms with Gasteiger partial charge in [-0.05, 0) is 44.7 Å². The van der Waals surface area contributed by atoms with Gasteiger partial charge in [0.2, 0.25) is 0 Å². The average molecular weight is 233 g/mol. The number of methoxy groups -OCH3 is 1. The molecule has 0 saturated carbocycles. The van der Waals surface area contributed by atoms with Crippen molar-refractivity contribution in [3.8, 4) is 5.75 Å². The molecule has 94 valence electrons. The molecule has 0 radical (unpaired) electrons. The molecule has 0 bridgehead atoms. The fourth-order valence-electron chi connectivity index (χ4n) is 2.83. The van der Waals surface area contributed by atoms with Gasteiger partial charge in [-0.3, -0.25) is 0 Å². The largest absolute Gasteiger partial charge is 0.497 e. The first-order valence-corrected chi connectivity index (χ1v) is 6.45. The lowest BCUT2D eigenvalue weighted by Crippen LogP contribution is -2.52. The molecule has 1 atom stereocenters. The summed E-state index contributed by atoms with van der Waals surface area (Å²) >= 11 is 0. The Balaban J connectivity index is 2.51. The van der Waals surface area contributed by atoms with Crippen LogP contribution in [0.1, 0.15) is 33.3 Å². The maximum absolute atomic E-state index is 5.34. The van der Waals surface area contributed by atoms with Gasteiger partial charge < -0.3 is 9.64 Å². The fourth-order valence-corrected chi connectivity index (χ4v) is 2.83. The molecule has 1 aliphatic heterocycles. The van der Waals surface area contributed by atoms with E-state index in [2.05, 4.69) is 50.8 Å². The highest BCUT2D eigenvalue weighted by atomic mass is 16.5. The summed E-state index contributed by atoms with van der Waals surface area (Å²) in [5, 5.41) is 0. The predicted octanol–water partition coefficient (Wildman–Crippen LogP) is 3.49. The third kappa shape index (κ3) is 1.90. The van der Waals surface area contributed by atoms with Crippen LogP contribution < -0.4 is 9.64 Å². The number of hydrogen-bond acceptors (Lipinski definition) is 2. The fraction of sp³-hybridized carbons (Fsp3) is 0.600. The zero-order valence-electron chi connectivity index (χ0n) is 11.6. The second-order valence-corrected chi connectivity index (χ2v) is 5.50. The predicted molar refractivity (Wildman–Crippen MR) is 73.0 cm³/mol. The Kier molecular flexibility index (Phi) is 3.07. The van der Waals surface area contributed by atoms with E-state index >= 15 is 0 Å². The van der Waals surface area contributed by atoms with Crippen molar-refractivity contribution in [3.05, 3.63) is 23.8 Å². The van der Waals surface area contributed by atoms with Gasteiger partial charge in [0, 0.05) is 23.8 Å². The molecule has 1 aliphatic rings. The van der Waals surface area contributed by atoms with Gasteiger partial charge in [0.1, 0.15) is 5.75 Å². The van der Waals surface area contributed by atoms with E-state index in [4.69, 9.17) is 4.74 Å². The highest BCUT2D eigenvalue weighted by Gasteiger charge is 2.37. The summed E-state index contributed by atoms with van der Waals surface area (Å²) in [6.45, 7) is 10.3. The van der Waals surface area contributed by atoms with Crippen LogP contribution >= 0.6 is 0 Å². The van der Waals surface area contributed by atoms with Crippen LogP contribution in [0.4, 0.5) is 5.69 Å². The number of hydrogen-bond donors (Lipinski definition) is 0. The van der Waals surface area contributed by atoms with Crippen molar-refractivity contribution in [2.24, 2.45) is 5.92 Å². The third-order valence-corrected chi connectivity index (χ3v) is 4.33. The van der Waals surface area contributed by atoms with Crippen LogP contribution in [0.2, 0.25) is 0 Å².